The molecule has 2 fully saturated rings. The minimum Gasteiger partial charge on any atom is -0.497 e. The Labute approximate surface area is 354 Å². The molecule has 0 radical (unpaired) electrons. The zero-order chi connectivity index (χ0) is 41.6. The number of ether oxygens (including phenoxy) is 6. The monoisotopic (exact) mass is 838 g/mol. The zero-order valence-corrected chi connectivity index (χ0v) is 36.8. The van der Waals surface area contributed by atoms with Crippen LogP contribution in [0.2, 0.25) is 10.0 Å². The third kappa shape index (κ3) is 11.3. The van der Waals surface area contributed by atoms with E-state index in [-0.39, 0.29) is 24.3 Å². The summed E-state index contributed by atoms with van der Waals surface area (Å²) in [7, 11) is 3.25. The number of aromatic nitrogens is 4. The van der Waals surface area contributed by atoms with Gasteiger partial charge in [-0.2, -0.15) is 0 Å². The van der Waals surface area contributed by atoms with Crippen LogP contribution < -0.4 is 20.1 Å². The Morgan fingerprint density at radius 3 is 1.29 bits per heavy atom. The van der Waals surface area contributed by atoms with Crippen LogP contribution in [0.4, 0.5) is 11.6 Å². The highest BCUT2D eigenvalue weighted by Gasteiger charge is 2.31. The summed E-state index contributed by atoms with van der Waals surface area (Å²) >= 11 is 13.0. The number of rotatable bonds is 18. The fourth-order valence-electron chi connectivity index (χ4n) is 6.84. The topological polar surface area (TPSA) is 131 Å². The van der Waals surface area contributed by atoms with Gasteiger partial charge in [0, 0.05) is 24.3 Å². The average Bonchev–Trinajstić information content (AvgIpc) is 3.90. The number of aryl methyl sites for hydroxylation is 4. The number of nitrogens with zero attached hydrogens (tertiary/aromatic N) is 4. The van der Waals surface area contributed by atoms with E-state index in [4.69, 9.17) is 71.6 Å². The van der Waals surface area contributed by atoms with Gasteiger partial charge in [0.1, 0.15) is 35.3 Å². The van der Waals surface area contributed by atoms with Crippen LogP contribution in [0.15, 0.2) is 36.4 Å². The molecule has 4 heterocycles. The molecule has 4 atom stereocenters. The second-order valence-corrected chi connectivity index (χ2v) is 14.9. The van der Waals surface area contributed by atoms with E-state index >= 15 is 0 Å². The van der Waals surface area contributed by atoms with Gasteiger partial charge >= 0.3 is 0 Å². The van der Waals surface area contributed by atoms with E-state index in [0.29, 0.717) is 36.5 Å². The van der Waals surface area contributed by atoms with Crippen LogP contribution in [-0.4, -0.2) is 98.1 Å². The largest absolute Gasteiger partial charge is 0.497 e. The van der Waals surface area contributed by atoms with E-state index in [1.54, 1.807) is 26.4 Å². The lowest BCUT2D eigenvalue weighted by Crippen LogP contribution is -2.35. The minimum atomic E-state index is 0.0299. The van der Waals surface area contributed by atoms with Crippen molar-refractivity contribution in [1.29, 1.82) is 0 Å². The molecule has 2 saturated heterocycles. The lowest BCUT2D eigenvalue weighted by atomic mass is 10.1. The van der Waals surface area contributed by atoms with Crippen LogP contribution >= 0.6 is 23.2 Å². The van der Waals surface area contributed by atoms with Crippen molar-refractivity contribution in [3.8, 4) is 34.0 Å². The van der Waals surface area contributed by atoms with Crippen LogP contribution in [0, 0.1) is 0 Å². The molecule has 0 amide bonds. The van der Waals surface area contributed by atoms with E-state index in [1.165, 1.54) is 0 Å². The predicted octanol–water partition coefficient (Wildman–Crippen LogP) is 9.07. The first-order chi connectivity index (χ1) is 28.2. The molecule has 2 aromatic carbocycles. The predicted molar refractivity (Wildman–Crippen MR) is 232 cm³/mol. The molecule has 0 spiro atoms. The second kappa shape index (κ2) is 22.6. The van der Waals surface area contributed by atoms with Gasteiger partial charge in [-0.05, 0) is 74.9 Å². The molecule has 2 aromatic heterocycles. The molecule has 0 unspecified atom stereocenters. The Morgan fingerprint density at radius 2 is 0.966 bits per heavy atom. The second-order valence-electron chi connectivity index (χ2n) is 14.1. The molecule has 58 heavy (non-hydrogen) atoms. The van der Waals surface area contributed by atoms with E-state index in [2.05, 4.69) is 52.2 Å². The molecule has 316 valence electrons. The lowest BCUT2D eigenvalue weighted by Gasteiger charge is -2.22. The Kier molecular flexibility index (Phi) is 17.6. The first-order valence-electron chi connectivity index (χ1n) is 20.6. The Balaban J connectivity index is 0.000000221. The van der Waals surface area contributed by atoms with Gasteiger partial charge in [0.05, 0.1) is 96.9 Å². The normalized spacial score (nSPS) is 18.8. The summed E-state index contributed by atoms with van der Waals surface area (Å²) in [5.41, 5.74) is 7.00. The summed E-state index contributed by atoms with van der Waals surface area (Å²) in [5, 5.41) is 8.27. The summed E-state index contributed by atoms with van der Waals surface area (Å²) in [6.45, 7) is 16.4. The Hall–Kier alpha value is -3.78. The summed E-state index contributed by atoms with van der Waals surface area (Å²) in [6, 6.07) is 11.4. The van der Waals surface area contributed by atoms with Crippen molar-refractivity contribution in [2.45, 2.75) is 104 Å². The van der Waals surface area contributed by atoms with E-state index in [9.17, 15) is 0 Å². The third-order valence-corrected chi connectivity index (χ3v) is 10.7. The molecule has 14 heteroatoms. The SMILES string of the molecule is CCCO[C@@H]1COC[C@@H]1Nc1nc(CC)c(-c2ccc(OC)cc2Cl)nc1CC.CCCO[C@H]1COC[C@H]1Nc1nc(CC)c(-c2ccc(OC)cc2Cl)nc1CC. The summed E-state index contributed by atoms with van der Waals surface area (Å²) in [4.78, 5) is 19.7. The highest BCUT2D eigenvalue weighted by Crippen LogP contribution is 2.35. The molecule has 12 nitrogen and oxygen atoms in total. The maximum absolute atomic E-state index is 6.52. The average molecular weight is 840 g/mol. The van der Waals surface area contributed by atoms with Crippen LogP contribution in [-0.2, 0) is 44.6 Å². The molecular formula is C44H60Cl2N6O6. The Bertz CT molecular complexity index is 1800. The molecule has 0 bridgehead atoms. The first-order valence-corrected chi connectivity index (χ1v) is 21.4. The highest BCUT2D eigenvalue weighted by molar-refractivity contribution is 6.33. The molecule has 0 aliphatic carbocycles. The first kappa shape index (κ1) is 45.3. The number of benzene rings is 2. The molecule has 2 aliphatic heterocycles. The number of hydrogen-bond acceptors (Lipinski definition) is 12. The maximum Gasteiger partial charge on any atom is 0.148 e. The fraction of sp³-hybridized carbons (Fsp3) is 0.545. The standard InChI is InChI=1S/2C22H30ClN3O3/c2*1-5-10-29-20-13-28-12-19(20)26-22-18(7-3)24-21(17(6-2)25-22)15-9-8-14(27-4)11-16(15)23/h2*8-9,11,19-20H,5-7,10,12-13H2,1-4H3,(H,25,26)/t2*19-,20+/m10/s1. The third-order valence-electron chi connectivity index (χ3n) is 10.1. The Morgan fingerprint density at radius 1 is 0.569 bits per heavy atom. The molecule has 6 rings (SSSR count). The molecule has 2 N–H and O–H groups in total. The molecule has 4 aromatic rings. The van der Waals surface area contributed by atoms with Crippen LogP contribution in [0.5, 0.6) is 11.5 Å². The number of hydrogen-bond donors (Lipinski definition) is 2. The lowest BCUT2D eigenvalue weighted by molar-refractivity contribution is 0.0400. The summed E-state index contributed by atoms with van der Waals surface area (Å²) in [6.07, 6.45) is 5.05. The van der Waals surface area contributed by atoms with Gasteiger partial charge in [0.25, 0.3) is 0 Å². The molecular weight excluding hydrogens is 779 g/mol. The van der Waals surface area contributed by atoms with Crippen molar-refractivity contribution in [2.24, 2.45) is 0 Å². The summed E-state index contributed by atoms with van der Waals surface area (Å²) < 4.78 is 33.7. The number of nitrogens with one attached hydrogen (secondary N) is 2. The van der Waals surface area contributed by atoms with Gasteiger partial charge in [-0.1, -0.05) is 64.7 Å². The van der Waals surface area contributed by atoms with Crippen LogP contribution in [0.3, 0.4) is 0 Å². The van der Waals surface area contributed by atoms with Crippen molar-refractivity contribution in [1.82, 2.24) is 19.9 Å². The van der Waals surface area contributed by atoms with Gasteiger partial charge in [-0.25, -0.2) is 19.9 Å². The van der Waals surface area contributed by atoms with E-state index in [1.807, 2.05) is 24.3 Å². The van der Waals surface area contributed by atoms with Crippen LogP contribution in [0.1, 0.15) is 77.2 Å². The van der Waals surface area contributed by atoms with Gasteiger partial charge in [0.2, 0.25) is 0 Å². The highest BCUT2D eigenvalue weighted by atomic mass is 35.5. The van der Waals surface area contributed by atoms with Crippen molar-refractivity contribution in [2.75, 3.05) is 64.5 Å². The van der Waals surface area contributed by atoms with Gasteiger partial charge in [0.15, 0.2) is 0 Å². The van der Waals surface area contributed by atoms with Gasteiger partial charge < -0.3 is 39.1 Å². The summed E-state index contributed by atoms with van der Waals surface area (Å²) in [5.74, 6) is 3.05. The van der Waals surface area contributed by atoms with Gasteiger partial charge in [-0.15, -0.1) is 0 Å². The van der Waals surface area contributed by atoms with Crippen LogP contribution in [0.25, 0.3) is 22.5 Å². The number of halogens is 2. The number of methoxy groups -OCH3 is 2. The van der Waals surface area contributed by atoms with Crippen molar-refractivity contribution in [3.63, 3.8) is 0 Å². The molecule has 2 aliphatic rings. The minimum absolute atomic E-state index is 0.0299. The smallest absolute Gasteiger partial charge is 0.148 e. The quantitative estimate of drug-likeness (QED) is 0.0992. The number of anilines is 2. The maximum atomic E-state index is 6.52. The fourth-order valence-corrected chi connectivity index (χ4v) is 7.36. The molecule has 0 saturated carbocycles. The zero-order valence-electron chi connectivity index (χ0n) is 35.3. The van der Waals surface area contributed by atoms with E-state index < -0.39 is 0 Å². The van der Waals surface area contributed by atoms with Crippen molar-refractivity contribution >= 4 is 34.8 Å². The van der Waals surface area contributed by atoms with E-state index in [0.717, 1.165) is 120 Å². The van der Waals surface area contributed by atoms with Crippen molar-refractivity contribution in [3.05, 3.63) is 69.2 Å². The van der Waals surface area contributed by atoms with Gasteiger partial charge in [-0.3, -0.25) is 0 Å². The van der Waals surface area contributed by atoms with Crippen molar-refractivity contribution < 1.29 is 28.4 Å².